The minimum atomic E-state index is -0.780. The first kappa shape index (κ1) is 13.3. The Morgan fingerprint density at radius 1 is 1.22 bits per heavy atom. The number of rotatable bonds is 3. The molecular weight excluding hydrogens is 232 g/mol. The Bertz CT molecular complexity index is 334. The Kier molecular flexibility index (Phi) is 4.19. The van der Waals surface area contributed by atoms with Crippen LogP contribution in [-0.2, 0) is 9.59 Å². The van der Waals surface area contributed by atoms with Crippen molar-refractivity contribution < 1.29 is 9.59 Å². The van der Waals surface area contributed by atoms with Gasteiger partial charge >= 0.3 is 0 Å². The van der Waals surface area contributed by atoms with Crippen molar-refractivity contribution in [3.8, 4) is 0 Å². The lowest BCUT2D eigenvalue weighted by atomic mass is 9.99. The molecule has 2 saturated heterocycles. The van der Waals surface area contributed by atoms with E-state index in [0.717, 1.165) is 26.1 Å². The smallest absolute Gasteiger partial charge is 0.240 e. The maximum Gasteiger partial charge on any atom is 0.240 e. The van der Waals surface area contributed by atoms with Crippen molar-refractivity contribution in [1.82, 2.24) is 9.80 Å². The fourth-order valence-electron chi connectivity index (χ4n) is 2.89. The van der Waals surface area contributed by atoms with Crippen molar-refractivity contribution in [2.24, 2.45) is 11.5 Å². The minimum Gasteiger partial charge on any atom is -0.370 e. The highest BCUT2D eigenvalue weighted by molar-refractivity contribution is 5.87. The van der Waals surface area contributed by atoms with Gasteiger partial charge in [0.15, 0.2) is 0 Å². The van der Waals surface area contributed by atoms with E-state index in [-0.39, 0.29) is 12.3 Å². The molecule has 2 unspecified atom stereocenters. The van der Waals surface area contributed by atoms with Gasteiger partial charge in [0.25, 0.3) is 0 Å². The van der Waals surface area contributed by atoms with E-state index in [1.807, 2.05) is 0 Å². The molecule has 0 spiro atoms. The molecule has 2 aliphatic heterocycles. The number of primary amides is 1. The number of hydrogen-bond acceptors (Lipinski definition) is 4. The molecule has 18 heavy (non-hydrogen) atoms. The van der Waals surface area contributed by atoms with Crippen molar-refractivity contribution in [3.63, 3.8) is 0 Å². The molecule has 2 amide bonds. The van der Waals surface area contributed by atoms with Crippen molar-refractivity contribution in [1.29, 1.82) is 0 Å². The number of piperidine rings is 1. The predicted molar refractivity (Wildman–Crippen MR) is 67.6 cm³/mol. The maximum atomic E-state index is 12.1. The number of carbonyl (C=O) groups is 2. The molecule has 2 fully saturated rings. The second-order valence-corrected chi connectivity index (χ2v) is 5.25. The van der Waals surface area contributed by atoms with Gasteiger partial charge in [0.1, 0.15) is 0 Å². The number of amides is 2. The van der Waals surface area contributed by atoms with E-state index in [4.69, 9.17) is 11.5 Å². The standard InChI is InChI=1S/C12H22N4O2/c13-10(7-11(14)17)12(18)16-6-5-15-4-2-1-3-9(15)8-16/h9-10H,1-8,13H2,(H2,14,17). The maximum absolute atomic E-state index is 12.1. The van der Waals surface area contributed by atoms with Crippen LogP contribution in [-0.4, -0.2) is 59.9 Å². The van der Waals surface area contributed by atoms with E-state index in [9.17, 15) is 9.59 Å². The molecule has 0 bridgehead atoms. The van der Waals surface area contributed by atoms with Gasteiger partial charge < -0.3 is 16.4 Å². The lowest BCUT2D eigenvalue weighted by molar-refractivity contribution is -0.137. The summed E-state index contributed by atoms with van der Waals surface area (Å²) in [6.07, 6.45) is 3.57. The van der Waals surface area contributed by atoms with Gasteiger partial charge in [0.2, 0.25) is 11.8 Å². The molecule has 0 saturated carbocycles. The monoisotopic (exact) mass is 254 g/mol. The zero-order chi connectivity index (χ0) is 13.1. The average Bonchev–Trinajstić information content (AvgIpc) is 2.36. The van der Waals surface area contributed by atoms with E-state index in [0.29, 0.717) is 12.6 Å². The first-order chi connectivity index (χ1) is 8.58. The van der Waals surface area contributed by atoms with Gasteiger partial charge in [-0.15, -0.1) is 0 Å². The normalized spacial score (nSPS) is 26.5. The van der Waals surface area contributed by atoms with Crippen molar-refractivity contribution in [3.05, 3.63) is 0 Å². The Morgan fingerprint density at radius 2 is 2.00 bits per heavy atom. The van der Waals surface area contributed by atoms with E-state index >= 15 is 0 Å². The summed E-state index contributed by atoms with van der Waals surface area (Å²) >= 11 is 0. The van der Waals surface area contributed by atoms with Crippen LogP contribution in [0.5, 0.6) is 0 Å². The van der Waals surface area contributed by atoms with Crippen LogP contribution in [0.15, 0.2) is 0 Å². The fraction of sp³-hybridized carbons (Fsp3) is 0.833. The molecule has 0 aromatic heterocycles. The summed E-state index contributed by atoms with van der Waals surface area (Å²) in [4.78, 5) is 27.1. The van der Waals surface area contributed by atoms with Crippen LogP contribution in [0.2, 0.25) is 0 Å². The second kappa shape index (κ2) is 5.67. The molecule has 6 nitrogen and oxygen atoms in total. The molecule has 6 heteroatoms. The van der Waals surface area contributed by atoms with E-state index in [2.05, 4.69) is 4.90 Å². The lowest BCUT2D eigenvalue weighted by Gasteiger charge is -2.44. The molecule has 0 aliphatic carbocycles. The first-order valence-corrected chi connectivity index (χ1v) is 6.64. The summed E-state index contributed by atoms with van der Waals surface area (Å²) in [5, 5.41) is 0. The van der Waals surface area contributed by atoms with Gasteiger partial charge in [-0.2, -0.15) is 0 Å². The fourth-order valence-corrected chi connectivity index (χ4v) is 2.89. The number of fused-ring (bicyclic) bond motifs is 1. The number of carbonyl (C=O) groups excluding carboxylic acids is 2. The van der Waals surface area contributed by atoms with E-state index in [1.54, 1.807) is 4.90 Å². The summed E-state index contributed by atoms with van der Waals surface area (Å²) in [5.41, 5.74) is 10.8. The van der Waals surface area contributed by atoms with Crippen molar-refractivity contribution in [2.75, 3.05) is 26.2 Å². The zero-order valence-electron chi connectivity index (χ0n) is 10.7. The van der Waals surface area contributed by atoms with E-state index < -0.39 is 11.9 Å². The van der Waals surface area contributed by atoms with Crippen LogP contribution in [0.3, 0.4) is 0 Å². The van der Waals surface area contributed by atoms with Crippen molar-refractivity contribution in [2.45, 2.75) is 37.8 Å². The van der Waals surface area contributed by atoms with Crippen LogP contribution < -0.4 is 11.5 Å². The highest BCUT2D eigenvalue weighted by Gasteiger charge is 2.32. The van der Waals surface area contributed by atoms with Crippen LogP contribution in [0.4, 0.5) is 0 Å². The van der Waals surface area contributed by atoms with Crippen LogP contribution >= 0.6 is 0 Å². The van der Waals surface area contributed by atoms with Gasteiger partial charge in [-0.05, 0) is 19.4 Å². The van der Waals surface area contributed by atoms with Crippen molar-refractivity contribution >= 4 is 11.8 Å². The summed E-state index contributed by atoms with van der Waals surface area (Å²) in [6, 6.07) is -0.310. The van der Waals surface area contributed by atoms with Crippen LogP contribution in [0.25, 0.3) is 0 Å². The third-order valence-electron chi connectivity index (χ3n) is 3.89. The topological polar surface area (TPSA) is 92.7 Å². The van der Waals surface area contributed by atoms with Gasteiger partial charge in [0, 0.05) is 25.7 Å². The molecule has 0 radical (unpaired) electrons. The molecule has 2 rings (SSSR count). The highest BCUT2D eigenvalue weighted by atomic mass is 16.2. The molecule has 4 N–H and O–H groups in total. The Morgan fingerprint density at radius 3 is 2.72 bits per heavy atom. The van der Waals surface area contributed by atoms with Gasteiger partial charge in [-0.1, -0.05) is 6.42 Å². The third-order valence-corrected chi connectivity index (χ3v) is 3.89. The quantitative estimate of drug-likeness (QED) is 0.667. The number of nitrogens with two attached hydrogens (primary N) is 2. The molecule has 0 aromatic carbocycles. The Hall–Kier alpha value is -1.14. The molecule has 102 valence electrons. The van der Waals surface area contributed by atoms with Gasteiger partial charge in [0.05, 0.1) is 12.5 Å². The molecule has 2 heterocycles. The summed E-state index contributed by atoms with van der Waals surface area (Å²) in [6.45, 7) is 3.51. The number of hydrogen-bond donors (Lipinski definition) is 2. The molecule has 0 aromatic rings. The highest BCUT2D eigenvalue weighted by Crippen LogP contribution is 2.21. The summed E-state index contributed by atoms with van der Waals surface area (Å²) in [7, 11) is 0. The van der Waals surface area contributed by atoms with E-state index in [1.165, 1.54) is 12.8 Å². The summed E-state index contributed by atoms with van der Waals surface area (Å²) in [5.74, 6) is -0.661. The van der Waals surface area contributed by atoms with Crippen LogP contribution in [0.1, 0.15) is 25.7 Å². The lowest BCUT2D eigenvalue weighted by Crippen LogP contribution is -2.58. The van der Waals surface area contributed by atoms with Crippen LogP contribution in [0, 0.1) is 0 Å². The molecule has 2 aliphatic rings. The van der Waals surface area contributed by atoms with Gasteiger partial charge in [-0.25, -0.2) is 0 Å². The Balaban J connectivity index is 1.89. The molecular formula is C12H22N4O2. The molecule has 2 atom stereocenters. The average molecular weight is 254 g/mol. The Labute approximate surface area is 107 Å². The largest absolute Gasteiger partial charge is 0.370 e. The third kappa shape index (κ3) is 3.00. The first-order valence-electron chi connectivity index (χ1n) is 6.64. The summed E-state index contributed by atoms with van der Waals surface area (Å²) < 4.78 is 0. The predicted octanol–water partition coefficient (Wildman–Crippen LogP) is -1.11. The SMILES string of the molecule is NC(=O)CC(N)C(=O)N1CCN2CCCCC2C1. The zero-order valence-corrected chi connectivity index (χ0v) is 10.7. The minimum absolute atomic E-state index is 0.0658. The second-order valence-electron chi connectivity index (χ2n) is 5.25. The number of nitrogens with zero attached hydrogens (tertiary/aromatic N) is 2. The number of piperazine rings is 1. The van der Waals surface area contributed by atoms with Gasteiger partial charge in [-0.3, -0.25) is 14.5 Å².